The van der Waals surface area contributed by atoms with Gasteiger partial charge in [-0.1, -0.05) is 0 Å². The highest BCUT2D eigenvalue weighted by molar-refractivity contribution is 9.10. The molecule has 2 rings (SSSR count). The van der Waals surface area contributed by atoms with Gasteiger partial charge in [-0.3, -0.25) is 0 Å². The summed E-state index contributed by atoms with van der Waals surface area (Å²) in [5, 5.41) is 10.1. The van der Waals surface area contributed by atoms with Gasteiger partial charge >= 0.3 is 0 Å². The number of hydrogen-bond acceptors (Lipinski definition) is 3. The van der Waals surface area contributed by atoms with E-state index in [1.165, 1.54) is 4.88 Å². The van der Waals surface area contributed by atoms with E-state index in [1.807, 2.05) is 0 Å². The monoisotopic (exact) mass is 290 g/mol. The quantitative estimate of drug-likeness (QED) is 0.924. The van der Waals surface area contributed by atoms with Crippen LogP contribution in [0.15, 0.2) is 10.5 Å². The highest BCUT2D eigenvalue weighted by Gasteiger charge is 2.22. The number of rotatable bonds is 3. The second-order valence-electron chi connectivity index (χ2n) is 3.96. The van der Waals surface area contributed by atoms with Gasteiger partial charge in [0, 0.05) is 27.3 Å². The Morgan fingerprint density at radius 3 is 3.07 bits per heavy atom. The second-order valence-corrected chi connectivity index (χ2v) is 6.10. The Hall–Kier alpha value is 0.1000. The molecule has 1 aliphatic heterocycles. The number of hydrogen-bond donors (Lipinski definition) is 1. The molecular formula is C11H15BrO2S. The highest BCUT2D eigenvalue weighted by Crippen LogP contribution is 2.35. The van der Waals surface area contributed by atoms with Gasteiger partial charge < -0.3 is 9.84 Å². The molecule has 15 heavy (non-hydrogen) atoms. The molecule has 1 aliphatic rings. The molecule has 1 aromatic rings. The van der Waals surface area contributed by atoms with Crippen LogP contribution in [-0.4, -0.2) is 17.8 Å². The lowest BCUT2D eigenvalue weighted by Crippen LogP contribution is -2.10. The Labute approximate surface area is 102 Å². The van der Waals surface area contributed by atoms with Gasteiger partial charge in [0.1, 0.15) is 0 Å². The van der Waals surface area contributed by atoms with E-state index in [0.717, 1.165) is 35.2 Å². The zero-order valence-electron chi connectivity index (χ0n) is 8.70. The van der Waals surface area contributed by atoms with Crippen LogP contribution in [0, 0.1) is 6.92 Å². The zero-order chi connectivity index (χ0) is 10.8. The zero-order valence-corrected chi connectivity index (χ0v) is 11.1. The van der Waals surface area contributed by atoms with Crippen molar-refractivity contribution in [2.75, 3.05) is 6.61 Å². The van der Waals surface area contributed by atoms with Crippen molar-refractivity contribution in [3.05, 3.63) is 20.3 Å². The molecule has 2 nitrogen and oxygen atoms in total. The second kappa shape index (κ2) is 4.95. The number of aliphatic hydroxyl groups excluding tert-OH is 1. The third-order valence-electron chi connectivity index (χ3n) is 2.65. The molecule has 0 saturated carbocycles. The van der Waals surface area contributed by atoms with Crippen molar-refractivity contribution in [1.82, 2.24) is 0 Å². The largest absolute Gasteiger partial charge is 0.387 e. The lowest BCUT2D eigenvalue weighted by atomic mass is 10.1. The molecule has 0 bridgehead atoms. The Morgan fingerprint density at radius 1 is 1.73 bits per heavy atom. The van der Waals surface area contributed by atoms with Gasteiger partial charge in [0.15, 0.2) is 0 Å². The SMILES string of the molecule is Cc1cc(Br)c(C(O)CC2CCCO2)s1. The summed E-state index contributed by atoms with van der Waals surface area (Å²) in [5.74, 6) is 0. The van der Waals surface area contributed by atoms with E-state index in [1.54, 1.807) is 11.3 Å². The van der Waals surface area contributed by atoms with Gasteiger partial charge in [0.2, 0.25) is 0 Å². The molecule has 0 aromatic carbocycles. The molecule has 4 heteroatoms. The minimum atomic E-state index is -0.388. The first-order chi connectivity index (χ1) is 7.16. The average molecular weight is 291 g/mol. The molecule has 0 radical (unpaired) electrons. The third-order valence-corrected chi connectivity index (χ3v) is 4.72. The van der Waals surface area contributed by atoms with Gasteiger partial charge in [0.05, 0.1) is 12.2 Å². The third kappa shape index (κ3) is 2.81. The molecule has 84 valence electrons. The first-order valence-corrected chi connectivity index (χ1v) is 6.83. The predicted molar refractivity (Wildman–Crippen MR) is 65.3 cm³/mol. The summed E-state index contributed by atoms with van der Waals surface area (Å²) < 4.78 is 6.54. The van der Waals surface area contributed by atoms with Crippen molar-refractivity contribution in [3.63, 3.8) is 0 Å². The molecule has 2 unspecified atom stereocenters. The molecule has 0 aliphatic carbocycles. The summed E-state index contributed by atoms with van der Waals surface area (Å²) in [5.41, 5.74) is 0. The van der Waals surface area contributed by atoms with E-state index in [0.29, 0.717) is 0 Å². The number of aryl methyl sites for hydroxylation is 1. The van der Waals surface area contributed by atoms with Crippen LogP contribution in [0.4, 0.5) is 0 Å². The van der Waals surface area contributed by atoms with E-state index in [9.17, 15) is 5.11 Å². The highest BCUT2D eigenvalue weighted by atomic mass is 79.9. The van der Waals surface area contributed by atoms with E-state index in [-0.39, 0.29) is 12.2 Å². The van der Waals surface area contributed by atoms with Crippen LogP contribution in [-0.2, 0) is 4.74 Å². The van der Waals surface area contributed by atoms with Crippen LogP contribution in [0.1, 0.15) is 35.1 Å². The maximum Gasteiger partial charge on any atom is 0.0918 e. The summed E-state index contributed by atoms with van der Waals surface area (Å²) in [4.78, 5) is 2.26. The molecule has 1 aromatic heterocycles. The van der Waals surface area contributed by atoms with Gasteiger partial charge in [-0.2, -0.15) is 0 Å². The minimum Gasteiger partial charge on any atom is -0.387 e. The Balaban J connectivity index is 2.00. The van der Waals surface area contributed by atoms with Crippen LogP contribution in [0.5, 0.6) is 0 Å². The lowest BCUT2D eigenvalue weighted by Gasteiger charge is -2.14. The number of halogens is 1. The van der Waals surface area contributed by atoms with Crippen LogP contribution >= 0.6 is 27.3 Å². The van der Waals surface area contributed by atoms with Gasteiger partial charge in [0.25, 0.3) is 0 Å². The van der Waals surface area contributed by atoms with Crippen molar-refractivity contribution < 1.29 is 9.84 Å². The summed E-state index contributed by atoms with van der Waals surface area (Å²) in [6.45, 7) is 2.90. The van der Waals surface area contributed by atoms with E-state index in [2.05, 4.69) is 28.9 Å². The Kier molecular flexibility index (Phi) is 3.83. The van der Waals surface area contributed by atoms with Crippen LogP contribution < -0.4 is 0 Å². The van der Waals surface area contributed by atoms with E-state index in [4.69, 9.17) is 4.74 Å². The van der Waals surface area contributed by atoms with Gasteiger partial charge in [-0.25, -0.2) is 0 Å². The maximum absolute atomic E-state index is 10.1. The minimum absolute atomic E-state index is 0.245. The van der Waals surface area contributed by atoms with Crippen molar-refractivity contribution in [1.29, 1.82) is 0 Å². The predicted octanol–water partition coefficient (Wildman–Crippen LogP) is 3.42. The molecule has 1 fully saturated rings. The molecule has 1 N–H and O–H groups in total. The van der Waals surface area contributed by atoms with Crippen LogP contribution in [0.25, 0.3) is 0 Å². The molecule has 2 heterocycles. The fourth-order valence-electron chi connectivity index (χ4n) is 1.91. The van der Waals surface area contributed by atoms with E-state index < -0.39 is 0 Å². The topological polar surface area (TPSA) is 29.5 Å². The number of thiophene rings is 1. The summed E-state index contributed by atoms with van der Waals surface area (Å²) in [6, 6.07) is 2.05. The summed E-state index contributed by atoms with van der Waals surface area (Å²) >= 11 is 5.13. The fraction of sp³-hybridized carbons (Fsp3) is 0.636. The lowest BCUT2D eigenvalue weighted by molar-refractivity contribution is 0.0546. The summed E-state index contributed by atoms with van der Waals surface area (Å²) in [6.07, 6.45) is 2.79. The Morgan fingerprint density at radius 2 is 2.53 bits per heavy atom. The maximum atomic E-state index is 10.1. The smallest absolute Gasteiger partial charge is 0.0918 e. The van der Waals surface area contributed by atoms with Crippen LogP contribution in [0.3, 0.4) is 0 Å². The molecular weight excluding hydrogens is 276 g/mol. The van der Waals surface area contributed by atoms with Gasteiger partial charge in [-0.05, 0) is 41.8 Å². The van der Waals surface area contributed by atoms with Crippen molar-refractivity contribution in [2.45, 2.75) is 38.4 Å². The molecule has 0 spiro atoms. The normalized spacial score (nSPS) is 23.3. The number of ether oxygens (including phenoxy) is 1. The van der Waals surface area contributed by atoms with Gasteiger partial charge in [-0.15, -0.1) is 11.3 Å². The molecule has 2 atom stereocenters. The van der Waals surface area contributed by atoms with Crippen molar-refractivity contribution >= 4 is 27.3 Å². The molecule has 1 saturated heterocycles. The van der Waals surface area contributed by atoms with Crippen LogP contribution in [0.2, 0.25) is 0 Å². The Bertz CT molecular complexity index is 331. The first kappa shape index (κ1) is 11.6. The first-order valence-electron chi connectivity index (χ1n) is 5.22. The summed E-state index contributed by atoms with van der Waals surface area (Å²) in [7, 11) is 0. The standard InChI is InChI=1S/C11H15BrO2S/c1-7-5-9(12)11(15-7)10(13)6-8-3-2-4-14-8/h5,8,10,13H,2-4,6H2,1H3. The van der Waals surface area contributed by atoms with Crippen molar-refractivity contribution in [2.24, 2.45) is 0 Å². The number of aliphatic hydroxyl groups is 1. The van der Waals surface area contributed by atoms with Crippen molar-refractivity contribution in [3.8, 4) is 0 Å². The molecule has 0 amide bonds. The van der Waals surface area contributed by atoms with E-state index >= 15 is 0 Å². The fourth-order valence-corrected chi connectivity index (χ4v) is 3.83. The average Bonchev–Trinajstić information content (AvgIpc) is 2.75.